The van der Waals surface area contributed by atoms with E-state index in [9.17, 15) is 0 Å². The van der Waals surface area contributed by atoms with Crippen molar-refractivity contribution in [1.82, 2.24) is 10.2 Å². The van der Waals surface area contributed by atoms with Gasteiger partial charge in [-0.05, 0) is 56.4 Å². The standard InChI is InChI=1S/C19H38N2/c1-14(2)12-21(17-8-6-7-9-17)13-18-16(4)10-15(3)11-19(18)20-5/h14-20H,6-13H2,1-5H3. The Labute approximate surface area is 133 Å². The van der Waals surface area contributed by atoms with E-state index in [4.69, 9.17) is 0 Å². The van der Waals surface area contributed by atoms with Crippen molar-refractivity contribution in [2.75, 3.05) is 20.1 Å². The van der Waals surface area contributed by atoms with Crippen LogP contribution in [-0.2, 0) is 0 Å². The molecule has 0 saturated heterocycles. The maximum atomic E-state index is 3.64. The molecule has 0 bridgehead atoms. The second kappa shape index (κ2) is 7.97. The van der Waals surface area contributed by atoms with Gasteiger partial charge in [-0.3, -0.25) is 4.90 Å². The maximum Gasteiger partial charge on any atom is 0.0110 e. The zero-order valence-electron chi connectivity index (χ0n) is 15.1. The lowest BCUT2D eigenvalue weighted by Gasteiger charge is -2.43. The fourth-order valence-electron chi connectivity index (χ4n) is 4.93. The Morgan fingerprint density at radius 2 is 1.76 bits per heavy atom. The first kappa shape index (κ1) is 17.3. The van der Waals surface area contributed by atoms with Crippen molar-refractivity contribution in [2.24, 2.45) is 23.7 Å². The van der Waals surface area contributed by atoms with Crippen LogP contribution in [0, 0.1) is 23.7 Å². The molecule has 0 aliphatic heterocycles. The minimum absolute atomic E-state index is 0.722. The minimum atomic E-state index is 0.722. The van der Waals surface area contributed by atoms with Crippen LogP contribution in [0.15, 0.2) is 0 Å². The van der Waals surface area contributed by atoms with Crippen LogP contribution in [0.1, 0.15) is 66.2 Å². The van der Waals surface area contributed by atoms with E-state index in [0.29, 0.717) is 0 Å². The molecular weight excluding hydrogens is 256 g/mol. The molecule has 2 rings (SSSR count). The molecule has 21 heavy (non-hydrogen) atoms. The summed E-state index contributed by atoms with van der Waals surface area (Å²) >= 11 is 0. The molecule has 124 valence electrons. The number of hydrogen-bond acceptors (Lipinski definition) is 2. The summed E-state index contributed by atoms with van der Waals surface area (Å²) in [6, 6.07) is 1.59. The van der Waals surface area contributed by atoms with E-state index in [1.54, 1.807) is 0 Å². The summed E-state index contributed by atoms with van der Waals surface area (Å²) in [4.78, 5) is 2.86. The zero-order chi connectivity index (χ0) is 15.4. The molecule has 0 aromatic rings. The van der Waals surface area contributed by atoms with Gasteiger partial charge in [-0.1, -0.05) is 40.5 Å². The van der Waals surface area contributed by atoms with Crippen molar-refractivity contribution in [3.8, 4) is 0 Å². The first-order chi connectivity index (χ1) is 10.0. The Hall–Kier alpha value is -0.0800. The van der Waals surface area contributed by atoms with Gasteiger partial charge in [-0.15, -0.1) is 0 Å². The van der Waals surface area contributed by atoms with Gasteiger partial charge in [0.05, 0.1) is 0 Å². The molecule has 2 fully saturated rings. The van der Waals surface area contributed by atoms with E-state index < -0.39 is 0 Å². The van der Waals surface area contributed by atoms with E-state index >= 15 is 0 Å². The first-order valence-corrected chi connectivity index (χ1v) is 9.42. The van der Waals surface area contributed by atoms with Crippen molar-refractivity contribution >= 4 is 0 Å². The summed E-state index contributed by atoms with van der Waals surface area (Å²) in [5.74, 6) is 3.38. The van der Waals surface area contributed by atoms with Crippen LogP contribution >= 0.6 is 0 Å². The van der Waals surface area contributed by atoms with Crippen LogP contribution in [0.5, 0.6) is 0 Å². The summed E-state index contributed by atoms with van der Waals surface area (Å²) in [6.07, 6.45) is 8.57. The molecule has 2 aliphatic carbocycles. The topological polar surface area (TPSA) is 15.3 Å². The highest BCUT2D eigenvalue weighted by atomic mass is 15.2. The molecule has 0 amide bonds. The summed E-state index contributed by atoms with van der Waals surface area (Å²) in [6.45, 7) is 12.3. The number of rotatable bonds is 6. The van der Waals surface area contributed by atoms with Crippen molar-refractivity contribution in [1.29, 1.82) is 0 Å². The quantitative estimate of drug-likeness (QED) is 0.791. The normalized spacial score (nSPS) is 35.0. The maximum absolute atomic E-state index is 3.64. The molecule has 1 N–H and O–H groups in total. The van der Waals surface area contributed by atoms with Crippen LogP contribution in [0.4, 0.5) is 0 Å². The smallest absolute Gasteiger partial charge is 0.0110 e. The average Bonchev–Trinajstić information content (AvgIpc) is 2.93. The molecule has 2 saturated carbocycles. The molecule has 0 aromatic carbocycles. The second-order valence-electron chi connectivity index (χ2n) is 8.40. The molecule has 0 radical (unpaired) electrons. The molecule has 4 unspecified atom stereocenters. The predicted molar refractivity (Wildman–Crippen MR) is 92.6 cm³/mol. The van der Waals surface area contributed by atoms with Crippen LogP contribution in [0.2, 0.25) is 0 Å². The summed E-state index contributed by atoms with van der Waals surface area (Å²) < 4.78 is 0. The lowest BCUT2D eigenvalue weighted by atomic mass is 9.72. The molecular formula is C19H38N2. The zero-order valence-corrected chi connectivity index (χ0v) is 15.1. The van der Waals surface area contributed by atoms with E-state index in [2.05, 4.69) is 45.0 Å². The SMILES string of the molecule is CNC1CC(C)CC(C)C1CN(CC(C)C)C1CCCC1. The Bertz CT molecular complexity index is 296. The Morgan fingerprint density at radius 1 is 1.10 bits per heavy atom. The summed E-state index contributed by atoms with van der Waals surface area (Å²) in [5.41, 5.74) is 0. The largest absolute Gasteiger partial charge is 0.317 e. The highest BCUT2D eigenvalue weighted by Gasteiger charge is 2.35. The van der Waals surface area contributed by atoms with Gasteiger partial charge >= 0.3 is 0 Å². The van der Waals surface area contributed by atoms with Crippen LogP contribution < -0.4 is 5.32 Å². The van der Waals surface area contributed by atoms with Gasteiger partial charge in [-0.25, -0.2) is 0 Å². The summed E-state index contributed by atoms with van der Waals surface area (Å²) in [5, 5.41) is 3.64. The van der Waals surface area contributed by atoms with E-state index in [1.165, 1.54) is 51.6 Å². The van der Waals surface area contributed by atoms with Crippen LogP contribution in [0.25, 0.3) is 0 Å². The third-order valence-electron chi connectivity index (χ3n) is 5.94. The molecule has 0 aromatic heterocycles. The van der Waals surface area contributed by atoms with Gasteiger partial charge in [0.1, 0.15) is 0 Å². The van der Waals surface area contributed by atoms with Gasteiger partial charge < -0.3 is 5.32 Å². The fraction of sp³-hybridized carbons (Fsp3) is 1.00. The minimum Gasteiger partial charge on any atom is -0.317 e. The highest BCUT2D eigenvalue weighted by molar-refractivity contribution is 4.90. The molecule has 2 heteroatoms. The van der Waals surface area contributed by atoms with Gasteiger partial charge in [-0.2, -0.15) is 0 Å². The average molecular weight is 295 g/mol. The third kappa shape index (κ3) is 4.69. The van der Waals surface area contributed by atoms with Gasteiger partial charge in [0.2, 0.25) is 0 Å². The van der Waals surface area contributed by atoms with Crippen molar-refractivity contribution in [2.45, 2.75) is 78.3 Å². The van der Waals surface area contributed by atoms with Crippen LogP contribution in [0.3, 0.4) is 0 Å². The molecule has 2 nitrogen and oxygen atoms in total. The molecule has 0 heterocycles. The molecule has 2 aliphatic rings. The molecule has 4 atom stereocenters. The van der Waals surface area contributed by atoms with Crippen molar-refractivity contribution < 1.29 is 0 Å². The number of nitrogens with zero attached hydrogens (tertiary/aromatic N) is 1. The van der Waals surface area contributed by atoms with Gasteiger partial charge in [0, 0.05) is 25.2 Å². The van der Waals surface area contributed by atoms with E-state index in [-0.39, 0.29) is 0 Å². The van der Waals surface area contributed by atoms with E-state index in [0.717, 1.165) is 35.8 Å². The Morgan fingerprint density at radius 3 is 2.33 bits per heavy atom. The van der Waals surface area contributed by atoms with E-state index in [1.807, 2.05) is 0 Å². The second-order valence-corrected chi connectivity index (χ2v) is 8.40. The van der Waals surface area contributed by atoms with Crippen LogP contribution in [-0.4, -0.2) is 37.1 Å². The predicted octanol–water partition coefficient (Wildman–Crippen LogP) is 4.16. The Kier molecular flexibility index (Phi) is 6.55. The van der Waals surface area contributed by atoms with Crippen molar-refractivity contribution in [3.63, 3.8) is 0 Å². The highest BCUT2D eigenvalue weighted by Crippen LogP contribution is 2.35. The van der Waals surface area contributed by atoms with Gasteiger partial charge in [0.25, 0.3) is 0 Å². The number of hydrogen-bond donors (Lipinski definition) is 1. The fourth-order valence-corrected chi connectivity index (χ4v) is 4.93. The summed E-state index contributed by atoms with van der Waals surface area (Å²) in [7, 11) is 2.17. The Balaban J connectivity index is 2.02. The van der Waals surface area contributed by atoms with Crippen molar-refractivity contribution in [3.05, 3.63) is 0 Å². The lowest BCUT2D eigenvalue weighted by molar-refractivity contribution is 0.0760. The lowest BCUT2D eigenvalue weighted by Crippen LogP contribution is -2.50. The molecule has 0 spiro atoms. The number of nitrogens with one attached hydrogen (secondary N) is 1. The first-order valence-electron chi connectivity index (χ1n) is 9.42. The third-order valence-corrected chi connectivity index (χ3v) is 5.94. The van der Waals surface area contributed by atoms with Gasteiger partial charge in [0.15, 0.2) is 0 Å². The monoisotopic (exact) mass is 294 g/mol.